The summed E-state index contributed by atoms with van der Waals surface area (Å²) in [5.41, 5.74) is 0.246. The van der Waals surface area contributed by atoms with Crippen LogP contribution in [-0.4, -0.2) is 41.6 Å². The molecule has 31 heavy (non-hydrogen) atoms. The Morgan fingerprint density at radius 1 is 0.935 bits per heavy atom. The lowest BCUT2D eigenvalue weighted by molar-refractivity contribution is -0.0883. The molecule has 8 heteroatoms. The first kappa shape index (κ1) is 25.1. The topological polar surface area (TPSA) is 102 Å². The maximum absolute atomic E-state index is 13.5. The molecule has 0 aliphatic carbocycles. The summed E-state index contributed by atoms with van der Waals surface area (Å²) in [4.78, 5) is 32.2. The predicted octanol–water partition coefficient (Wildman–Crippen LogP) is 4.77. The average Bonchev–Trinajstić information content (AvgIpc) is 2.79. The Hall–Kier alpha value is -2.18. The first-order valence-electron chi connectivity index (χ1n) is 10.2. The number of ketones is 1. The summed E-state index contributed by atoms with van der Waals surface area (Å²) in [6.07, 6.45) is -0.0814. The molecule has 0 aliphatic heterocycles. The van der Waals surface area contributed by atoms with E-state index in [9.17, 15) is 19.1 Å². The van der Waals surface area contributed by atoms with Crippen LogP contribution in [0.2, 0.25) is 0 Å². The molecule has 0 aliphatic rings. The minimum Gasteiger partial charge on any atom is -0.497 e. The Balaban J connectivity index is 2.43. The van der Waals surface area contributed by atoms with E-state index in [4.69, 9.17) is 14.2 Å². The molecule has 0 spiro atoms. The van der Waals surface area contributed by atoms with E-state index in [-0.39, 0.29) is 18.4 Å². The highest BCUT2D eigenvalue weighted by Crippen LogP contribution is 2.41. The summed E-state index contributed by atoms with van der Waals surface area (Å²) in [6.45, 7) is 3.79. The van der Waals surface area contributed by atoms with Gasteiger partial charge in [0, 0.05) is 5.56 Å². The van der Waals surface area contributed by atoms with E-state index in [2.05, 4.69) is 0 Å². The molecular weight excluding hydrogens is 419 g/mol. The van der Waals surface area contributed by atoms with Crippen LogP contribution in [0, 0.1) is 0 Å². The average molecular weight is 450 g/mol. The third kappa shape index (κ3) is 6.91. The molecule has 0 radical (unpaired) electrons. The summed E-state index contributed by atoms with van der Waals surface area (Å²) >= 11 is 0. The van der Waals surface area contributed by atoms with Crippen molar-refractivity contribution in [2.24, 2.45) is 0 Å². The van der Waals surface area contributed by atoms with Crippen LogP contribution in [-0.2, 0) is 9.30 Å². The van der Waals surface area contributed by atoms with E-state index in [1.54, 1.807) is 62.8 Å². The second-order valence-electron chi connectivity index (χ2n) is 7.39. The summed E-state index contributed by atoms with van der Waals surface area (Å²) in [6, 6.07) is 13.8. The van der Waals surface area contributed by atoms with E-state index in [0.717, 1.165) is 0 Å². The fourth-order valence-corrected chi connectivity index (χ4v) is 4.09. The molecule has 7 nitrogen and oxygen atoms in total. The zero-order chi connectivity index (χ0) is 23.1. The molecule has 1 unspecified atom stereocenters. The van der Waals surface area contributed by atoms with Crippen LogP contribution < -0.4 is 9.47 Å². The molecule has 1 atom stereocenters. The molecular formula is C23H31O7P. The molecule has 0 aromatic heterocycles. The van der Waals surface area contributed by atoms with Crippen LogP contribution in [0.4, 0.5) is 0 Å². The molecule has 0 fully saturated rings. The van der Waals surface area contributed by atoms with Crippen molar-refractivity contribution in [2.45, 2.75) is 44.8 Å². The lowest BCUT2D eigenvalue weighted by Gasteiger charge is -2.36. The number of methoxy groups -OCH3 is 2. The SMILES string of the molecule is CCC(CC)(CCP(=O)(O)O)OC(C(=O)c1ccc(OC)cc1)c1ccc(OC)cc1. The van der Waals surface area contributed by atoms with Crippen LogP contribution >= 0.6 is 7.60 Å². The van der Waals surface area contributed by atoms with Crippen molar-refractivity contribution in [3.8, 4) is 11.5 Å². The first-order valence-corrected chi connectivity index (χ1v) is 12.0. The van der Waals surface area contributed by atoms with E-state index in [0.29, 0.717) is 35.5 Å². The third-order valence-electron chi connectivity index (χ3n) is 5.55. The van der Waals surface area contributed by atoms with E-state index < -0.39 is 19.3 Å². The van der Waals surface area contributed by atoms with Crippen LogP contribution in [0.5, 0.6) is 11.5 Å². The molecule has 2 N–H and O–H groups in total. The maximum Gasteiger partial charge on any atom is 0.325 e. The molecule has 0 saturated heterocycles. The Labute approximate surface area is 183 Å². The van der Waals surface area contributed by atoms with Crippen molar-refractivity contribution < 1.29 is 33.4 Å². The zero-order valence-corrected chi connectivity index (χ0v) is 19.3. The molecule has 2 aromatic carbocycles. The van der Waals surface area contributed by atoms with Crippen LogP contribution in [0.15, 0.2) is 48.5 Å². The molecule has 0 heterocycles. The largest absolute Gasteiger partial charge is 0.497 e. The smallest absolute Gasteiger partial charge is 0.325 e. The maximum atomic E-state index is 13.5. The first-order chi connectivity index (χ1) is 14.7. The Morgan fingerprint density at radius 3 is 1.84 bits per heavy atom. The van der Waals surface area contributed by atoms with Gasteiger partial charge < -0.3 is 24.0 Å². The third-order valence-corrected chi connectivity index (χ3v) is 6.35. The number of rotatable bonds is 12. The van der Waals surface area contributed by atoms with Crippen molar-refractivity contribution in [3.05, 3.63) is 59.7 Å². The van der Waals surface area contributed by atoms with E-state index >= 15 is 0 Å². The summed E-state index contributed by atoms with van der Waals surface area (Å²) in [7, 11) is -1.09. The summed E-state index contributed by atoms with van der Waals surface area (Å²) in [5.74, 6) is 1.05. The Kier molecular flexibility index (Phi) is 8.83. The predicted molar refractivity (Wildman–Crippen MR) is 119 cm³/mol. The lowest BCUT2D eigenvalue weighted by atomic mass is 9.91. The number of benzene rings is 2. The normalized spacial score (nSPS) is 13.0. The standard InChI is InChI=1S/C23H31O7P/c1-5-23(6-2,15-16-31(25,26)27)30-22(18-9-13-20(29-4)14-10-18)21(24)17-7-11-19(28-3)12-8-17/h7-14,22H,5-6,15-16H2,1-4H3,(H2,25,26,27). The van der Waals surface area contributed by atoms with E-state index in [1.165, 1.54) is 0 Å². The molecule has 2 rings (SSSR count). The van der Waals surface area contributed by atoms with Gasteiger partial charge in [-0.1, -0.05) is 26.0 Å². The minimum absolute atomic E-state index is 0.146. The van der Waals surface area contributed by atoms with Crippen molar-refractivity contribution in [2.75, 3.05) is 20.4 Å². The number of carbonyl (C=O) groups excluding carboxylic acids is 1. The molecule has 0 saturated carbocycles. The summed E-state index contributed by atoms with van der Waals surface area (Å²) < 4.78 is 28.3. The molecule has 2 aromatic rings. The van der Waals surface area contributed by atoms with Crippen LogP contribution in [0.3, 0.4) is 0 Å². The number of ether oxygens (including phenoxy) is 3. The number of carbonyl (C=O) groups is 1. The highest BCUT2D eigenvalue weighted by Gasteiger charge is 2.36. The van der Waals surface area contributed by atoms with Crippen LogP contribution in [0.1, 0.15) is 55.1 Å². The monoisotopic (exact) mass is 450 g/mol. The molecule has 170 valence electrons. The van der Waals surface area contributed by atoms with Gasteiger partial charge in [-0.05, 0) is 61.2 Å². The summed E-state index contributed by atoms with van der Waals surface area (Å²) in [5, 5.41) is 0. The number of hydrogen-bond acceptors (Lipinski definition) is 5. The molecule has 0 amide bonds. The fraction of sp³-hybridized carbons (Fsp3) is 0.435. The van der Waals surface area contributed by atoms with Gasteiger partial charge in [-0.3, -0.25) is 9.36 Å². The Bertz CT molecular complexity index is 883. The van der Waals surface area contributed by atoms with Gasteiger partial charge in [0.15, 0.2) is 5.78 Å². The number of Topliss-reactive ketones (excluding diaryl/α,β-unsaturated/α-hetero) is 1. The quantitative estimate of drug-likeness (QED) is 0.355. The zero-order valence-electron chi connectivity index (χ0n) is 18.4. The van der Waals surface area contributed by atoms with Crippen molar-refractivity contribution in [1.82, 2.24) is 0 Å². The second-order valence-corrected chi connectivity index (χ2v) is 9.17. The lowest BCUT2D eigenvalue weighted by Crippen LogP contribution is -2.36. The van der Waals surface area contributed by atoms with Crippen molar-refractivity contribution in [3.63, 3.8) is 0 Å². The second kappa shape index (κ2) is 10.9. The van der Waals surface area contributed by atoms with Crippen molar-refractivity contribution >= 4 is 13.4 Å². The number of hydrogen-bond donors (Lipinski definition) is 2. The minimum atomic E-state index is -4.20. The van der Waals surface area contributed by atoms with Gasteiger partial charge in [0.05, 0.1) is 26.0 Å². The Morgan fingerprint density at radius 2 is 1.42 bits per heavy atom. The van der Waals surface area contributed by atoms with Gasteiger partial charge in [0.2, 0.25) is 0 Å². The van der Waals surface area contributed by atoms with Gasteiger partial charge in [-0.15, -0.1) is 0 Å². The highest BCUT2D eigenvalue weighted by molar-refractivity contribution is 7.51. The highest BCUT2D eigenvalue weighted by atomic mass is 31.2. The van der Waals surface area contributed by atoms with Gasteiger partial charge >= 0.3 is 7.60 Å². The molecule has 0 bridgehead atoms. The van der Waals surface area contributed by atoms with Gasteiger partial charge in [0.1, 0.15) is 17.6 Å². The fourth-order valence-electron chi connectivity index (χ4n) is 3.39. The van der Waals surface area contributed by atoms with E-state index in [1.807, 2.05) is 13.8 Å². The van der Waals surface area contributed by atoms with Gasteiger partial charge in [-0.2, -0.15) is 0 Å². The van der Waals surface area contributed by atoms with Gasteiger partial charge in [-0.25, -0.2) is 0 Å². The van der Waals surface area contributed by atoms with Gasteiger partial charge in [0.25, 0.3) is 0 Å². The van der Waals surface area contributed by atoms with Crippen molar-refractivity contribution in [1.29, 1.82) is 0 Å². The van der Waals surface area contributed by atoms with Crippen LogP contribution in [0.25, 0.3) is 0 Å².